The van der Waals surface area contributed by atoms with Crippen molar-refractivity contribution in [3.63, 3.8) is 0 Å². The zero-order chi connectivity index (χ0) is 31.0. The molecule has 0 aliphatic carbocycles. The van der Waals surface area contributed by atoms with E-state index in [-0.39, 0.29) is 25.7 Å². The zero-order valence-corrected chi connectivity index (χ0v) is 27.5. The molecule has 1 radical (unpaired) electrons. The molecule has 0 saturated heterocycles. The summed E-state index contributed by atoms with van der Waals surface area (Å²) in [6.07, 6.45) is 3.41. The molecule has 3 aromatic heterocycles. The van der Waals surface area contributed by atoms with Crippen molar-refractivity contribution in [2.45, 2.75) is 46.2 Å². The molecule has 3 heterocycles. The molecule has 6 aromatic rings. The van der Waals surface area contributed by atoms with Crippen molar-refractivity contribution < 1.29 is 25.6 Å². The quantitative estimate of drug-likeness (QED) is 0.133. The van der Waals surface area contributed by atoms with Gasteiger partial charge in [-0.05, 0) is 56.6 Å². The Morgan fingerprint density at radius 1 is 0.850 bits per heavy atom. The Hall–Kier alpha value is -2.95. The van der Waals surface area contributed by atoms with Gasteiger partial charge in [-0.2, -0.15) is 11.3 Å². The third-order valence-corrected chi connectivity index (χ3v) is 9.88. The van der Waals surface area contributed by atoms with Gasteiger partial charge in [0.2, 0.25) is 0 Å². The van der Waals surface area contributed by atoms with Crippen molar-refractivity contribution in [1.82, 2.24) is 9.97 Å². The van der Waals surface area contributed by atoms with E-state index in [9.17, 15) is 0 Å². The summed E-state index contributed by atoms with van der Waals surface area (Å²) in [5.41, 5.74) is 4.16. The maximum atomic E-state index is 8.42. The fourth-order valence-electron chi connectivity index (χ4n) is 4.44. The molecule has 3 aromatic carbocycles. The molecule has 0 fully saturated rings. The number of hydrogen-bond acceptors (Lipinski definition) is 3. The Morgan fingerprint density at radius 3 is 2.30 bits per heavy atom. The first-order chi connectivity index (χ1) is 20.2. The normalized spacial score (nSPS) is 13.3. The second-order valence-corrected chi connectivity index (χ2v) is 16.9. The molecule has 0 saturated carbocycles. The predicted octanol–water partition coefficient (Wildman–Crippen LogP) is 9.44. The molecule has 0 aliphatic rings. The van der Waals surface area contributed by atoms with Crippen molar-refractivity contribution in [3.05, 3.63) is 115 Å². The van der Waals surface area contributed by atoms with Crippen LogP contribution in [-0.4, -0.2) is 18.0 Å². The van der Waals surface area contributed by atoms with Crippen LogP contribution in [0.4, 0.5) is 0 Å². The van der Waals surface area contributed by atoms with Crippen molar-refractivity contribution in [3.8, 4) is 22.5 Å². The van der Waals surface area contributed by atoms with Gasteiger partial charge in [-0.1, -0.05) is 75.3 Å². The van der Waals surface area contributed by atoms with E-state index in [1.165, 1.54) is 21.5 Å². The number of hydrogen-bond donors (Lipinski definition) is 0. The monoisotopic (exact) mass is 739 g/mol. The van der Waals surface area contributed by atoms with E-state index in [1.54, 1.807) is 31.3 Å². The standard InChI is InChI=1S/C21H18NS.C14H16NSi.Ir/c1-13(2)18-11-19(22-12-14(18)3)17-9-6-8-16-15-7-4-5-10-20(15)23-21(16)17;1-16(2,3)13-9-10-14(15-11-13)12-7-5-4-6-8-12;/h4-8,10-13H,1-3H3;4-7,9-11H,1-3H3;/q2*-1;/i3D3,13D;;. The molecule has 40 heavy (non-hydrogen) atoms. The number of aromatic nitrogens is 2. The molecule has 0 amide bonds. The van der Waals surface area contributed by atoms with Crippen LogP contribution in [0.25, 0.3) is 42.7 Å². The minimum absolute atomic E-state index is 0. The fraction of sp³-hybridized carbons (Fsp3) is 0.200. The Morgan fingerprint density at radius 2 is 1.62 bits per heavy atom. The molecule has 6 rings (SSSR count). The Kier molecular flexibility index (Phi) is 7.88. The van der Waals surface area contributed by atoms with E-state index in [4.69, 9.17) is 5.48 Å². The largest absolute Gasteiger partial charge is 0.305 e. The molecule has 0 aliphatic heterocycles. The minimum Gasteiger partial charge on any atom is -0.305 e. The first-order valence-electron chi connectivity index (χ1n) is 15.0. The van der Waals surface area contributed by atoms with Gasteiger partial charge in [-0.25, -0.2) is 0 Å². The van der Waals surface area contributed by atoms with Gasteiger partial charge in [-0.3, -0.25) is 0 Å². The van der Waals surface area contributed by atoms with Crippen molar-refractivity contribution in [1.29, 1.82) is 0 Å². The van der Waals surface area contributed by atoms with Gasteiger partial charge in [0.1, 0.15) is 0 Å². The van der Waals surface area contributed by atoms with Gasteiger partial charge in [0.05, 0.1) is 8.07 Å². The fourth-order valence-corrected chi connectivity index (χ4v) is 6.68. The van der Waals surface area contributed by atoms with Crippen LogP contribution >= 0.6 is 11.3 Å². The number of thiophene rings is 1. The number of fused-ring (bicyclic) bond motifs is 3. The number of aryl methyl sites for hydroxylation is 1. The van der Waals surface area contributed by atoms with Gasteiger partial charge in [0.15, 0.2) is 0 Å². The molecular weight excluding hydrogens is 701 g/mol. The summed E-state index contributed by atoms with van der Waals surface area (Å²) in [6, 6.07) is 32.6. The molecule has 205 valence electrons. The second kappa shape index (κ2) is 12.7. The molecule has 0 spiro atoms. The van der Waals surface area contributed by atoms with Crippen LogP contribution in [0.5, 0.6) is 0 Å². The maximum Gasteiger partial charge on any atom is 0.0795 e. The Balaban J connectivity index is 0.000000223. The van der Waals surface area contributed by atoms with Crippen LogP contribution in [0.15, 0.2) is 91.3 Å². The van der Waals surface area contributed by atoms with Crippen molar-refractivity contribution in [2.24, 2.45) is 0 Å². The van der Waals surface area contributed by atoms with Gasteiger partial charge in [0, 0.05) is 42.7 Å². The first kappa shape index (κ1) is 24.8. The van der Waals surface area contributed by atoms with Gasteiger partial charge >= 0.3 is 0 Å². The summed E-state index contributed by atoms with van der Waals surface area (Å²) in [5, 5.41) is 3.72. The van der Waals surface area contributed by atoms with E-state index in [2.05, 4.69) is 66.0 Å². The minimum atomic E-state index is -2.30. The van der Waals surface area contributed by atoms with Crippen LogP contribution in [0.1, 0.15) is 36.4 Å². The zero-order valence-electron chi connectivity index (χ0n) is 27.3. The van der Waals surface area contributed by atoms with Gasteiger partial charge < -0.3 is 9.97 Å². The van der Waals surface area contributed by atoms with E-state index < -0.39 is 20.8 Å². The SMILES string of the molecule is C[Si](C)(C)c1ccc(-c2[c-]cccc2)nc1.[2H]C([2H])([2H])c1cnc(-c2[c-]ccc3c2sc2ccccc23)cc1C([2H])(C)C.[Ir]. The number of rotatable bonds is 4. The molecule has 0 bridgehead atoms. The number of nitrogens with zero attached hydrogens (tertiary/aromatic N) is 2. The van der Waals surface area contributed by atoms with E-state index >= 15 is 0 Å². The van der Waals surface area contributed by atoms with Crippen molar-refractivity contribution in [2.75, 3.05) is 0 Å². The molecule has 0 atom stereocenters. The Bertz CT molecular complexity index is 1870. The molecular formula is C35H34IrN2SSi-2. The smallest absolute Gasteiger partial charge is 0.0795 e. The van der Waals surface area contributed by atoms with E-state index in [0.717, 1.165) is 26.9 Å². The summed E-state index contributed by atoms with van der Waals surface area (Å²) in [4.78, 5) is 8.96. The average Bonchev–Trinajstić information content (AvgIpc) is 3.35. The van der Waals surface area contributed by atoms with Crippen LogP contribution in [0.3, 0.4) is 0 Å². The van der Waals surface area contributed by atoms with E-state index in [1.807, 2.05) is 54.7 Å². The number of pyridine rings is 2. The van der Waals surface area contributed by atoms with Gasteiger partial charge in [-0.15, -0.1) is 59.7 Å². The summed E-state index contributed by atoms with van der Waals surface area (Å²) in [5.74, 6) is -1.05. The number of benzene rings is 3. The predicted molar refractivity (Wildman–Crippen MR) is 172 cm³/mol. The summed E-state index contributed by atoms with van der Waals surface area (Å²) >= 11 is 1.68. The van der Waals surface area contributed by atoms with Crippen LogP contribution in [0.2, 0.25) is 19.6 Å². The first-order valence-corrected chi connectivity index (χ1v) is 17.3. The van der Waals surface area contributed by atoms with Crippen molar-refractivity contribution >= 4 is 44.8 Å². The summed E-state index contributed by atoms with van der Waals surface area (Å²) in [7, 11) is -1.23. The van der Waals surface area contributed by atoms with Crippen LogP contribution in [0, 0.1) is 19.0 Å². The second-order valence-electron chi connectivity index (χ2n) is 10.8. The summed E-state index contributed by atoms with van der Waals surface area (Å²) < 4.78 is 34.0. The van der Waals surface area contributed by atoms with Crippen LogP contribution in [-0.2, 0) is 20.1 Å². The summed E-state index contributed by atoms with van der Waals surface area (Å²) in [6.45, 7) is 8.09. The maximum absolute atomic E-state index is 8.42. The average molecular weight is 739 g/mol. The molecule has 0 unspecified atom stereocenters. The van der Waals surface area contributed by atoms with Crippen LogP contribution < -0.4 is 5.19 Å². The third-order valence-electron chi connectivity index (χ3n) is 6.65. The van der Waals surface area contributed by atoms with E-state index in [0.29, 0.717) is 11.3 Å². The molecule has 5 heteroatoms. The third kappa shape index (κ3) is 6.50. The molecule has 2 nitrogen and oxygen atoms in total. The Labute approximate surface area is 262 Å². The molecule has 0 N–H and O–H groups in total. The van der Waals surface area contributed by atoms with Gasteiger partial charge in [0.25, 0.3) is 0 Å². The topological polar surface area (TPSA) is 25.8 Å².